The van der Waals surface area contributed by atoms with Crippen LogP contribution in [0.25, 0.3) is 0 Å². The highest BCUT2D eigenvalue weighted by Gasteiger charge is 2.12. The number of benzene rings is 1. The van der Waals surface area contributed by atoms with Crippen LogP contribution in [0.5, 0.6) is 0 Å². The molecule has 0 atom stereocenters. The van der Waals surface area contributed by atoms with Crippen LogP contribution in [0.4, 0.5) is 5.69 Å². The maximum atomic E-state index is 11.6. The molecule has 0 aliphatic heterocycles. The van der Waals surface area contributed by atoms with Gasteiger partial charge in [-0.3, -0.25) is 4.79 Å². The fraction of sp³-hybridized carbons (Fsp3) is 0.273. The number of halogens is 1. The van der Waals surface area contributed by atoms with Crippen LogP contribution in [0.3, 0.4) is 0 Å². The summed E-state index contributed by atoms with van der Waals surface area (Å²) in [4.78, 5) is 24.1. The average molecular weight is 257 g/mol. The summed E-state index contributed by atoms with van der Waals surface area (Å²) >= 11 is 5.74. The zero-order valence-corrected chi connectivity index (χ0v) is 10.3. The second-order valence-electron chi connectivity index (χ2n) is 3.64. The number of nitrogen functional groups attached to an aromatic ring is 1. The van der Waals surface area contributed by atoms with Gasteiger partial charge < -0.3 is 15.4 Å². The quantitative estimate of drug-likeness (QED) is 0.651. The molecule has 1 aromatic rings. The van der Waals surface area contributed by atoms with Gasteiger partial charge in [0.2, 0.25) is 0 Å². The zero-order chi connectivity index (χ0) is 13.0. The van der Waals surface area contributed by atoms with Crippen LogP contribution in [-0.2, 0) is 9.53 Å². The van der Waals surface area contributed by atoms with E-state index >= 15 is 0 Å². The fourth-order valence-corrected chi connectivity index (χ4v) is 1.31. The number of hydrogen-bond donors (Lipinski definition) is 1. The third-order valence-electron chi connectivity index (χ3n) is 1.98. The predicted molar refractivity (Wildman–Crippen MR) is 64.8 cm³/mol. The van der Waals surface area contributed by atoms with Gasteiger partial charge in [-0.2, -0.15) is 0 Å². The lowest BCUT2D eigenvalue weighted by Crippen LogP contribution is -2.27. The van der Waals surface area contributed by atoms with Crippen LogP contribution in [0.1, 0.15) is 10.4 Å². The van der Waals surface area contributed by atoms with Gasteiger partial charge in [-0.25, -0.2) is 4.79 Å². The first kappa shape index (κ1) is 13.3. The van der Waals surface area contributed by atoms with Crippen LogP contribution in [-0.4, -0.2) is 37.5 Å². The van der Waals surface area contributed by atoms with E-state index in [0.717, 1.165) is 0 Å². The van der Waals surface area contributed by atoms with Gasteiger partial charge in [-0.1, -0.05) is 11.6 Å². The Bertz CT molecular complexity index is 426. The first-order valence-electron chi connectivity index (χ1n) is 4.83. The molecule has 2 N–H and O–H groups in total. The average Bonchev–Trinajstić information content (AvgIpc) is 2.23. The second-order valence-corrected chi connectivity index (χ2v) is 4.07. The van der Waals surface area contributed by atoms with Crippen molar-refractivity contribution in [1.29, 1.82) is 0 Å². The topological polar surface area (TPSA) is 72.6 Å². The Kier molecular flexibility index (Phi) is 4.34. The van der Waals surface area contributed by atoms with Gasteiger partial charge in [0.1, 0.15) is 0 Å². The van der Waals surface area contributed by atoms with Gasteiger partial charge in [0.05, 0.1) is 5.56 Å². The number of esters is 1. The molecule has 0 aromatic heterocycles. The van der Waals surface area contributed by atoms with E-state index in [4.69, 9.17) is 22.1 Å². The van der Waals surface area contributed by atoms with Gasteiger partial charge in [0.15, 0.2) is 6.61 Å². The van der Waals surface area contributed by atoms with Crippen molar-refractivity contribution in [2.45, 2.75) is 0 Å². The Hall–Kier alpha value is -1.75. The Morgan fingerprint density at radius 1 is 1.35 bits per heavy atom. The fourth-order valence-electron chi connectivity index (χ4n) is 1.07. The summed E-state index contributed by atoms with van der Waals surface area (Å²) in [6, 6.07) is 4.39. The normalized spacial score (nSPS) is 9.82. The molecule has 5 nitrogen and oxygen atoms in total. The van der Waals surface area contributed by atoms with Crippen LogP contribution >= 0.6 is 11.6 Å². The Morgan fingerprint density at radius 3 is 2.53 bits per heavy atom. The van der Waals surface area contributed by atoms with Crippen LogP contribution in [0.2, 0.25) is 5.02 Å². The maximum Gasteiger partial charge on any atom is 0.338 e. The zero-order valence-electron chi connectivity index (χ0n) is 9.57. The number of hydrogen-bond acceptors (Lipinski definition) is 4. The van der Waals surface area contributed by atoms with Crippen molar-refractivity contribution in [3.05, 3.63) is 28.8 Å². The van der Waals surface area contributed by atoms with E-state index in [1.165, 1.54) is 23.1 Å². The third kappa shape index (κ3) is 3.96. The Morgan fingerprint density at radius 2 is 2.00 bits per heavy atom. The molecule has 92 valence electrons. The van der Waals surface area contributed by atoms with Crippen molar-refractivity contribution in [3.63, 3.8) is 0 Å². The summed E-state index contributed by atoms with van der Waals surface area (Å²) in [5.74, 6) is -0.928. The first-order chi connectivity index (χ1) is 7.90. The summed E-state index contributed by atoms with van der Waals surface area (Å²) < 4.78 is 4.82. The molecule has 0 saturated carbocycles. The summed E-state index contributed by atoms with van der Waals surface area (Å²) in [5.41, 5.74) is 6.12. The largest absolute Gasteiger partial charge is 0.452 e. The van der Waals surface area contributed by atoms with Crippen molar-refractivity contribution < 1.29 is 14.3 Å². The SMILES string of the molecule is CN(C)C(=O)COC(=O)c1cc(N)cc(Cl)c1. The summed E-state index contributed by atoms with van der Waals surface area (Å²) in [6.07, 6.45) is 0. The van der Waals surface area contributed by atoms with Gasteiger partial charge in [0.25, 0.3) is 5.91 Å². The van der Waals surface area contributed by atoms with Crippen molar-refractivity contribution in [2.75, 3.05) is 26.4 Å². The van der Waals surface area contributed by atoms with Gasteiger partial charge >= 0.3 is 5.97 Å². The van der Waals surface area contributed by atoms with E-state index in [1.54, 1.807) is 14.1 Å². The Labute approximate surface area is 104 Å². The molecule has 0 aliphatic carbocycles. The van der Waals surface area contributed by atoms with E-state index in [9.17, 15) is 9.59 Å². The van der Waals surface area contributed by atoms with E-state index in [2.05, 4.69) is 0 Å². The lowest BCUT2D eigenvalue weighted by atomic mass is 10.2. The lowest BCUT2D eigenvalue weighted by Gasteiger charge is -2.10. The molecular weight excluding hydrogens is 244 g/mol. The monoisotopic (exact) mass is 256 g/mol. The molecule has 0 unspecified atom stereocenters. The van der Waals surface area contributed by atoms with E-state index in [-0.39, 0.29) is 18.1 Å². The van der Waals surface area contributed by atoms with Crippen molar-refractivity contribution >= 4 is 29.2 Å². The highest BCUT2D eigenvalue weighted by molar-refractivity contribution is 6.31. The Balaban J connectivity index is 2.67. The number of ether oxygens (including phenoxy) is 1. The molecule has 0 heterocycles. The van der Waals surface area contributed by atoms with E-state index < -0.39 is 5.97 Å². The summed E-state index contributed by atoms with van der Waals surface area (Å²) in [7, 11) is 3.15. The van der Waals surface area contributed by atoms with Gasteiger partial charge in [-0.05, 0) is 18.2 Å². The molecule has 1 amide bonds. The van der Waals surface area contributed by atoms with E-state index in [1.807, 2.05) is 0 Å². The van der Waals surface area contributed by atoms with Crippen molar-refractivity contribution in [2.24, 2.45) is 0 Å². The first-order valence-corrected chi connectivity index (χ1v) is 5.21. The molecule has 1 rings (SSSR count). The summed E-state index contributed by atoms with van der Waals surface area (Å²) in [6.45, 7) is -0.307. The van der Waals surface area contributed by atoms with Crippen molar-refractivity contribution in [1.82, 2.24) is 4.90 Å². The minimum Gasteiger partial charge on any atom is -0.452 e. The van der Waals surface area contributed by atoms with Crippen LogP contribution in [0, 0.1) is 0 Å². The minimum atomic E-state index is -0.630. The number of carbonyl (C=O) groups excluding carboxylic acids is 2. The molecule has 0 saturated heterocycles. The van der Waals surface area contributed by atoms with Crippen LogP contribution < -0.4 is 5.73 Å². The lowest BCUT2D eigenvalue weighted by molar-refractivity contribution is -0.131. The predicted octanol–water partition coefficient (Wildman–Crippen LogP) is 1.17. The molecule has 0 radical (unpaired) electrons. The van der Waals surface area contributed by atoms with Gasteiger partial charge in [-0.15, -0.1) is 0 Å². The van der Waals surface area contributed by atoms with Crippen LogP contribution in [0.15, 0.2) is 18.2 Å². The minimum absolute atomic E-state index is 0.224. The number of likely N-dealkylation sites (N-methyl/N-ethyl adjacent to an activating group) is 1. The standard InChI is InChI=1S/C11H13ClN2O3/c1-14(2)10(15)6-17-11(16)7-3-8(12)5-9(13)4-7/h3-5H,6,13H2,1-2H3. The number of carbonyl (C=O) groups is 2. The third-order valence-corrected chi connectivity index (χ3v) is 2.20. The molecule has 0 aliphatic rings. The molecule has 0 fully saturated rings. The number of nitrogens with two attached hydrogens (primary N) is 1. The molecule has 0 spiro atoms. The molecule has 0 bridgehead atoms. The van der Waals surface area contributed by atoms with Crippen molar-refractivity contribution in [3.8, 4) is 0 Å². The molecule has 1 aromatic carbocycles. The molecular formula is C11H13ClN2O3. The molecule has 6 heteroatoms. The molecule has 17 heavy (non-hydrogen) atoms. The summed E-state index contributed by atoms with van der Waals surface area (Å²) in [5, 5.41) is 0.343. The highest BCUT2D eigenvalue weighted by Crippen LogP contribution is 2.17. The van der Waals surface area contributed by atoms with E-state index in [0.29, 0.717) is 10.7 Å². The second kappa shape index (κ2) is 5.54. The smallest absolute Gasteiger partial charge is 0.338 e. The van der Waals surface area contributed by atoms with Gasteiger partial charge in [0, 0.05) is 24.8 Å². The highest BCUT2D eigenvalue weighted by atomic mass is 35.5. The number of anilines is 1. The number of amides is 1. The number of nitrogens with zero attached hydrogens (tertiary/aromatic N) is 1. The maximum absolute atomic E-state index is 11.6. The number of rotatable bonds is 3.